The summed E-state index contributed by atoms with van der Waals surface area (Å²) in [6.45, 7) is 0.564. The van der Waals surface area contributed by atoms with Crippen molar-refractivity contribution in [3.05, 3.63) is 68.4 Å². The third kappa shape index (κ3) is 3.92. The summed E-state index contributed by atoms with van der Waals surface area (Å²) in [6.07, 6.45) is 2.79. The largest absolute Gasteiger partial charge is 0.349 e. The number of aromatic nitrogens is 3. The van der Waals surface area contributed by atoms with Gasteiger partial charge < -0.3 is 5.32 Å². The smallest absolute Gasteiger partial charge is 0.301 e. The van der Waals surface area contributed by atoms with Crippen molar-refractivity contribution in [2.24, 2.45) is 0 Å². The van der Waals surface area contributed by atoms with Gasteiger partial charge in [-0.2, -0.15) is 4.98 Å². The molecule has 152 valence electrons. The van der Waals surface area contributed by atoms with Gasteiger partial charge in [0, 0.05) is 16.1 Å². The second kappa shape index (κ2) is 8.33. The van der Waals surface area contributed by atoms with Crippen LogP contribution in [0.4, 0.5) is 5.13 Å². The summed E-state index contributed by atoms with van der Waals surface area (Å²) in [5.74, 6) is 0.0550. The summed E-state index contributed by atoms with van der Waals surface area (Å²) in [4.78, 5) is 35.0. The molecular formula is C21H18N4O2S3. The minimum Gasteiger partial charge on any atom is -0.301 e. The van der Waals surface area contributed by atoms with Crippen LogP contribution in [0, 0.1) is 0 Å². The van der Waals surface area contributed by atoms with E-state index in [9.17, 15) is 9.59 Å². The Morgan fingerprint density at radius 3 is 2.90 bits per heavy atom. The van der Waals surface area contributed by atoms with E-state index >= 15 is 0 Å². The molecule has 0 saturated heterocycles. The average Bonchev–Trinajstić information content (AvgIpc) is 3.48. The molecule has 0 saturated carbocycles. The normalized spacial score (nSPS) is 12.9. The number of thioether (sulfide) groups is 1. The Labute approximate surface area is 185 Å². The zero-order valence-electron chi connectivity index (χ0n) is 16.0. The van der Waals surface area contributed by atoms with Crippen molar-refractivity contribution < 1.29 is 4.79 Å². The molecule has 9 heteroatoms. The van der Waals surface area contributed by atoms with Crippen LogP contribution in [0.3, 0.4) is 0 Å². The van der Waals surface area contributed by atoms with E-state index in [2.05, 4.69) is 15.3 Å². The number of rotatable bonds is 6. The summed E-state index contributed by atoms with van der Waals surface area (Å²) in [5.41, 5.74) is 2.82. The van der Waals surface area contributed by atoms with Gasteiger partial charge in [-0.3, -0.25) is 9.36 Å². The average molecular weight is 455 g/mol. The molecule has 3 aromatic heterocycles. The Bertz CT molecular complexity index is 1240. The first-order valence-electron chi connectivity index (χ1n) is 9.60. The molecule has 0 spiro atoms. The number of carbonyl (C=O) groups is 1. The lowest BCUT2D eigenvalue weighted by molar-refractivity contribution is -0.113. The molecule has 4 aromatic rings. The van der Waals surface area contributed by atoms with Gasteiger partial charge in [-0.25, -0.2) is 9.78 Å². The van der Waals surface area contributed by atoms with Crippen LogP contribution >= 0.6 is 34.4 Å². The molecule has 1 aromatic carbocycles. The van der Waals surface area contributed by atoms with Gasteiger partial charge in [-0.05, 0) is 42.8 Å². The number of benzene rings is 1. The number of amides is 1. The number of nitrogens with one attached hydrogen (secondary N) is 1. The highest BCUT2D eigenvalue weighted by Crippen LogP contribution is 2.30. The zero-order valence-corrected chi connectivity index (χ0v) is 18.4. The Morgan fingerprint density at radius 1 is 1.17 bits per heavy atom. The van der Waals surface area contributed by atoms with E-state index in [4.69, 9.17) is 0 Å². The van der Waals surface area contributed by atoms with Crippen molar-refractivity contribution in [1.29, 1.82) is 0 Å². The third-order valence-electron chi connectivity index (χ3n) is 4.98. The van der Waals surface area contributed by atoms with E-state index in [0.29, 0.717) is 16.7 Å². The van der Waals surface area contributed by atoms with Crippen LogP contribution in [-0.4, -0.2) is 26.2 Å². The Balaban J connectivity index is 1.31. The van der Waals surface area contributed by atoms with Crippen molar-refractivity contribution in [1.82, 2.24) is 14.5 Å². The van der Waals surface area contributed by atoms with Gasteiger partial charge in [0.1, 0.15) is 5.03 Å². The minimum absolute atomic E-state index is 0.143. The quantitative estimate of drug-likeness (QED) is 0.349. The van der Waals surface area contributed by atoms with Crippen LogP contribution in [0.1, 0.15) is 22.6 Å². The third-order valence-corrected chi connectivity index (χ3v) is 7.81. The lowest BCUT2D eigenvalue weighted by Gasteiger charge is -2.13. The Hall–Kier alpha value is -2.49. The number of thiazole rings is 1. The van der Waals surface area contributed by atoms with E-state index in [0.717, 1.165) is 45.6 Å². The highest BCUT2D eigenvalue weighted by molar-refractivity contribution is 8.00. The molecule has 6 nitrogen and oxygen atoms in total. The van der Waals surface area contributed by atoms with Crippen LogP contribution in [0.5, 0.6) is 0 Å². The number of hydrogen-bond acceptors (Lipinski definition) is 7. The maximum atomic E-state index is 12.7. The molecular weight excluding hydrogens is 436 g/mol. The van der Waals surface area contributed by atoms with E-state index in [1.807, 2.05) is 41.8 Å². The maximum absolute atomic E-state index is 12.7. The van der Waals surface area contributed by atoms with Crippen molar-refractivity contribution in [2.75, 3.05) is 11.1 Å². The SMILES string of the molecule is O=C(CSc1nc(=O)n(Cc2cccs2)c2c1CCC2)Nc1nc2ccccc2s1. The molecule has 1 amide bonds. The van der Waals surface area contributed by atoms with Gasteiger partial charge >= 0.3 is 5.69 Å². The highest BCUT2D eigenvalue weighted by atomic mass is 32.2. The fourth-order valence-corrected chi connectivity index (χ4v) is 6.09. The number of nitrogens with zero attached hydrogens (tertiary/aromatic N) is 3. The topological polar surface area (TPSA) is 76.9 Å². The second-order valence-electron chi connectivity index (χ2n) is 6.97. The Morgan fingerprint density at radius 2 is 2.07 bits per heavy atom. The summed E-state index contributed by atoms with van der Waals surface area (Å²) in [6, 6.07) is 11.8. The van der Waals surface area contributed by atoms with Gasteiger partial charge in [-0.15, -0.1) is 11.3 Å². The lowest BCUT2D eigenvalue weighted by Crippen LogP contribution is -2.27. The Kier molecular flexibility index (Phi) is 5.41. The van der Waals surface area contributed by atoms with Crippen LogP contribution in [0.15, 0.2) is 51.6 Å². The molecule has 3 heterocycles. The monoisotopic (exact) mass is 454 g/mol. The van der Waals surface area contributed by atoms with Crippen molar-refractivity contribution in [2.45, 2.75) is 30.8 Å². The molecule has 5 rings (SSSR count). The predicted octanol–water partition coefficient (Wildman–Crippen LogP) is 4.18. The van der Waals surface area contributed by atoms with Crippen LogP contribution in [0.25, 0.3) is 10.2 Å². The first-order chi connectivity index (χ1) is 14.7. The predicted molar refractivity (Wildman–Crippen MR) is 123 cm³/mol. The molecule has 1 N–H and O–H groups in total. The molecule has 0 atom stereocenters. The van der Waals surface area contributed by atoms with Crippen LogP contribution in [-0.2, 0) is 24.2 Å². The fourth-order valence-electron chi connectivity index (χ4n) is 3.64. The van der Waals surface area contributed by atoms with Crippen molar-refractivity contribution in [3.8, 4) is 0 Å². The standard InChI is InChI=1S/C21H18N4O2S3/c26-18(23-20-22-15-7-1-2-9-17(15)30-20)12-29-19-14-6-3-8-16(14)25(21(27)24-19)11-13-5-4-10-28-13/h1-2,4-5,7,9-10H,3,6,8,11-12H2,(H,22,23,26). The number of carbonyl (C=O) groups excluding carboxylic acids is 1. The maximum Gasteiger partial charge on any atom is 0.349 e. The van der Waals surface area contributed by atoms with Crippen molar-refractivity contribution >= 4 is 55.7 Å². The van der Waals surface area contributed by atoms with E-state index < -0.39 is 0 Å². The molecule has 0 aliphatic heterocycles. The summed E-state index contributed by atoms with van der Waals surface area (Å²) >= 11 is 4.43. The lowest BCUT2D eigenvalue weighted by atomic mass is 10.2. The van der Waals surface area contributed by atoms with Gasteiger partial charge in [0.15, 0.2) is 5.13 Å². The molecule has 1 aliphatic rings. The zero-order chi connectivity index (χ0) is 20.5. The fraction of sp³-hybridized carbons (Fsp3) is 0.238. The molecule has 0 radical (unpaired) electrons. The van der Waals surface area contributed by atoms with E-state index in [-0.39, 0.29) is 17.3 Å². The summed E-state index contributed by atoms with van der Waals surface area (Å²) in [5, 5.41) is 6.16. The van der Waals surface area contributed by atoms with Gasteiger partial charge in [-0.1, -0.05) is 41.3 Å². The van der Waals surface area contributed by atoms with Crippen LogP contribution in [0.2, 0.25) is 0 Å². The molecule has 30 heavy (non-hydrogen) atoms. The number of anilines is 1. The van der Waals surface area contributed by atoms with Crippen molar-refractivity contribution in [3.63, 3.8) is 0 Å². The summed E-state index contributed by atoms with van der Waals surface area (Å²) < 4.78 is 2.83. The van der Waals surface area contributed by atoms with Crippen LogP contribution < -0.4 is 11.0 Å². The van der Waals surface area contributed by atoms with Gasteiger partial charge in [0.25, 0.3) is 0 Å². The summed E-state index contributed by atoms with van der Waals surface area (Å²) in [7, 11) is 0. The van der Waals surface area contributed by atoms with E-state index in [1.165, 1.54) is 23.1 Å². The second-order valence-corrected chi connectivity index (χ2v) is 9.99. The van der Waals surface area contributed by atoms with Gasteiger partial charge in [0.05, 0.1) is 22.5 Å². The minimum atomic E-state index is -0.238. The molecule has 1 aliphatic carbocycles. The molecule has 0 unspecified atom stereocenters. The number of thiophene rings is 1. The van der Waals surface area contributed by atoms with E-state index in [1.54, 1.807) is 15.9 Å². The molecule has 0 bridgehead atoms. The number of hydrogen-bond donors (Lipinski definition) is 1. The van der Waals surface area contributed by atoms with Gasteiger partial charge in [0.2, 0.25) is 5.91 Å². The first kappa shape index (κ1) is 19.5. The molecule has 0 fully saturated rings. The number of para-hydroxylation sites is 1. The number of fused-ring (bicyclic) bond motifs is 2. The first-order valence-corrected chi connectivity index (χ1v) is 12.3. The highest BCUT2D eigenvalue weighted by Gasteiger charge is 2.23.